The van der Waals surface area contributed by atoms with Crippen LogP contribution >= 0.6 is 0 Å². The molecule has 0 atom stereocenters. The van der Waals surface area contributed by atoms with Crippen LogP contribution in [0.4, 0.5) is 0 Å². The third-order valence-electron chi connectivity index (χ3n) is 4.80. The molecule has 0 radical (unpaired) electrons. The SMILES string of the molecule is O=CN/N=C\c1ccc(-c2cn[nH]c2)cc1Cc1cccc(C(=O)NC2CC2)c1. The second-order valence-corrected chi connectivity index (χ2v) is 7.03. The van der Waals surface area contributed by atoms with Crippen molar-refractivity contribution in [1.29, 1.82) is 0 Å². The van der Waals surface area contributed by atoms with E-state index in [1.54, 1.807) is 12.4 Å². The maximum Gasteiger partial charge on any atom is 0.251 e. The van der Waals surface area contributed by atoms with Crippen LogP contribution in [-0.4, -0.2) is 34.8 Å². The van der Waals surface area contributed by atoms with Crippen molar-refractivity contribution in [3.63, 3.8) is 0 Å². The van der Waals surface area contributed by atoms with Gasteiger partial charge >= 0.3 is 0 Å². The van der Waals surface area contributed by atoms with Crippen molar-refractivity contribution in [1.82, 2.24) is 20.9 Å². The van der Waals surface area contributed by atoms with E-state index in [1.165, 1.54) is 0 Å². The fraction of sp³-hybridized carbons (Fsp3) is 0.182. The summed E-state index contributed by atoms with van der Waals surface area (Å²) in [6.45, 7) is 0. The minimum atomic E-state index is -0.0292. The van der Waals surface area contributed by atoms with E-state index in [4.69, 9.17) is 0 Å². The predicted octanol–water partition coefficient (Wildman–Crippen LogP) is 2.64. The number of hydrogen-bond acceptors (Lipinski definition) is 4. The van der Waals surface area contributed by atoms with Crippen LogP contribution in [0.2, 0.25) is 0 Å². The van der Waals surface area contributed by atoms with Crippen molar-refractivity contribution in [2.45, 2.75) is 25.3 Å². The molecule has 1 aliphatic carbocycles. The summed E-state index contributed by atoms with van der Waals surface area (Å²) in [4.78, 5) is 22.9. The summed E-state index contributed by atoms with van der Waals surface area (Å²) in [6, 6.07) is 14.0. The Hall–Kier alpha value is -3.74. The van der Waals surface area contributed by atoms with Gasteiger partial charge in [-0.25, -0.2) is 5.43 Å². The van der Waals surface area contributed by atoms with Gasteiger partial charge in [-0.05, 0) is 53.6 Å². The topological polar surface area (TPSA) is 99.2 Å². The number of rotatable bonds is 8. The molecule has 2 aromatic carbocycles. The monoisotopic (exact) mass is 387 g/mol. The molecule has 4 rings (SSSR count). The second kappa shape index (κ2) is 8.52. The molecule has 29 heavy (non-hydrogen) atoms. The molecule has 7 nitrogen and oxygen atoms in total. The van der Waals surface area contributed by atoms with Crippen molar-refractivity contribution in [3.05, 3.63) is 77.1 Å². The molecule has 1 heterocycles. The lowest BCUT2D eigenvalue weighted by atomic mass is 9.95. The van der Waals surface area contributed by atoms with Gasteiger partial charge in [0.1, 0.15) is 0 Å². The van der Waals surface area contributed by atoms with Gasteiger partial charge in [-0.2, -0.15) is 10.2 Å². The summed E-state index contributed by atoms with van der Waals surface area (Å²) in [5, 5.41) is 13.8. The molecule has 0 aliphatic heterocycles. The third-order valence-corrected chi connectivity index (χ3v) is 4.80. The maximum atomic E-state index is 12.4. The van der Waals surface area contributed by atoms with Gasteiger partial charge in [0, 0.05) is 23.4 Å². The molecule has 2 amide bonds. The standard InChI is InChI=1S/C22H21N5O2/c28-14-26-25-11-18-5-4-16(20-12-23-24-13-20)10-19(18)9-15-2-1-3-17(8-15)22(29)27-21-6-7-21/h1-5,8,10-14,21H,6-7,9H2,(H,23,24)(H,26,28)(H,27,29)/b25-11-. The molecule has 0 saturated heterocycles. The Balaban J connectivity index is 1.62. The highest BCUT2D eigenvalue weighted by Gasteiger charge is 2.23. The average Bonchev–Trinajstić information content (AvgIpc) is 3.38. The van der Waals surface area contributed by atoms with Crippen LogP contribution in [0, 0.1) is 0 Å². The van der Waals surface area contributed by atoms with Crippen LogP contribution in [0.1, 0.15) is 39.9 Å². The Kier molecular flexibility index (Phi) is 5.47. The van der Waals surface area contributed by atoms with Crippen LogP contribution in [-0.2, 0) is 11.2 Å². The molecule has 1 aromatic heterocycles. The fourth-order valence-corrected chi connectivity index (χ4v) is 3.15. The van der Waals surface area contributed by atoms with Gasteiger partial charge in [0.15, 0.2) is 0 Å². The molecule has 3 N–H and O–H groups in total. The Morgan fingerprint density at radius 1 is 1.21 bits per heavy atom. The van der Waals surface area contributed by atoms with Gasteiger partial charge in [-0.1, -0.05) is 30.3 Å². The molecule has 7 heteroatoms. The summed E-state index contributed by atoms with van der Waals surface area (Å²) in [5.41, 5.74) is 7.91. The van der Waals surface area contributed by atoms with E-state index in [1.807, 2.05) is 42.6 Å². The molecule has 0 unspecified atom stereocenters. The number of aromatic nitrogens is 2. The van der Waals surface area contributed by atoms with Crippen molar-refractivity contribution >= 4 is 18.5 Å². The Morgan fingerprint density at radius 2 is 2.10 bits per heavy atom. The van der Waals surface area contributed by atoms with E-state index >= 15 is 0 Å². The number of hydrazone groups is 1. The summed E-state index contributed by atoms with van der Waals surface area (Å²) in [5.74, 6) is -0.0292. The first-order valence-electron chi connectivity index (χ1n) is 9.47. The minimum Gasteiger partial charge on any atom is -0.349 e. The van der Waals surface area contributed by atoms with Gasteiger partial charge in [-0.15, -0.1) is 0 Å². The Bertz CT molecular complexity index is 1040. The summed E-state index contributed by atoms with van der Waals surface area (Å²) >= 11 is 0. The molecule has 1 aliphatic rings. The van der Waals surface area contributed by atoms with Gasteiger partial charge < -0.3 is 5.32 Å². The molecular weight excluding hydrogens is 366 g/mol. The summed E-state index contributed by atoms with van der Waals surface area (Å²) < 4.78 is 0. The maximum absolute atomic E-state index is 12.4. The smallest absolute Gasteiger partial charge is 0.251 e. The highest BCUT2D eigenvalue weighted by molar-refractivity contribution is 5.94. The van der Waals surface area contributed by atoms with Crippen LogP contribution in [0.5, 0.6) is 0 Å². The van der Waals surface area contributed by atoms with E-state index in [9.17, 15) is 9.59 Å². The van der Waals surface area contributed by atoms with Crippen LogP contribution in [0.25, 0.3) is 11.1 Å². The van der Waals surface area contributed by atoms with Crippen molar-refractivity contribution in [2.24, 2.45) is 5.10 Å². The molecule has 0 spiro atoms. The minimum absolute atomic E-state index is 0.0292. The lowest BCUT2D eigenvalue weighted by molar-refractivity contribution is -0.109. The number of nitrogens with one attached hydrogen (secondary N) is 3. The normalized spacial score (nSPS) is 13.4. The fourth-order valence-electron chi connectivity index (χ4n) is 3.15. The first-order valence-corrected chi connectivity index (χ1v) is 9.47. The number of aromatic amines is 1. The summed E-state index contributed by atoms with van der Waals surface area (Å²) in [6.07, 6.45) is 8.49. The number of amides is 2. The molecule has 0 bridgehead atoms. The lowest BCUT2D eigenvalue weighted by Gasteiger charge is -2.10. The lowest BCUT2D eigenvalue weighted by Crippen LogP contribution is -2.25. The first-order chi connectivity index (χ1) is 14.2. The van der Waals surface area contributed by atoms with Gasteiger partial charge in [-0.3, -0.25) is 14.7 Å². The molecule has 146 valence electrons. The molecular formula is C22H21N5O2. The zero-order chi connectivity index (χ0) is 20.1. The number of hydrogen-bond donors (Lipinski definition) is 3. The number of benzene rings is 2. The van der Waals surface area contributed by atoms with Crippen molar-refractivity contribution < 1.29 is 9.59 Å². The van der Waals surface area contributed by atoms with E-state index in [2.05, 4.69) is 32.1 Å². The van der Waals surface area contributed by atoms with Gasteiger partial charge in [0.25, 0.3) is 5.91 Å². The van der Waals surface area contributed by atoms with Crippen LogP contribution in [0.15, 0.2) is 60.0 Å². The quantitative estimate of drug-likeness (QED) is 0.315. The van der Waals surface area contributed by atoms with Crippen molar-refractivity contribution in [2.75, 3.05) is 0 Å². The zero-order valence-electron chi connectivity index (χ0n) is 15.8. The van der Waals surface area contributed by atoms with Gasteiger partial charge in [0.05, 0.1) is 12.4 Å². The molecule has 3 aromatic rings. The van der Waals surface area contributed by atoms with E-state index in [0.717, 1.165) is 40.7 Å². The average molecular weight is 387 g/mol. The van der Waals surface area contributed by atoms with Crippen molar-refractivity contribution in [3.8, 4) is 11.1 Å². The molecule has 1 fully saturated rings. The number of H-pyrrole nitrogens is 1. The van der Waals surface area contributed by atoms with Gasteiger partial charge in [0.2, 0.25) is 6.41 Å². The highest BCUT2D eigenvalue weighted by atomic mass is 16.1. The van der Waals surface area contributed by atoms with Crippen LogP contribution < -0.4 is 10.7 Å². The number of carbonyl (C=O) groups excluding carboxylic acids is 2. The highest BCUT2D eigenvalue weighted by Crippen LogP contribution is 2.24. The van der Waals surface area contributed by atoms with E-state index in [-0.39, 0.29) is 5.91 Å². The van der Waals surface area contributed by atoms with Crippen LogP contribution in [0.3, 0.4) is 0 Å². The molecule has 1 saturated carbocycles. The zero-order valence-corrected chi connectivity index (χ0v) is 15.8. The third kappa shape index (κ3) is 4.76. The largest absolute Gasteiger partial charge is 0.349 e. The van der Waals surface area contributed by atoms with E-state index < -0.39 is 0 Å². The number of carbonyl (C=O) groups is 2. The number of nitrogens with zero attached hydrogens (tertiary/aromatic N) is 2. The first kappa shape index (κ1) is 18.6. The Labute approximate surface area is 168 Å². The van der Waals surface area contributed by atoms with E-state index in [0.29, 0.717) is 24.4 Å². The Morgan fingerprint density at radius 3 is 2.86 bits per heavy atom. The summed E-state index contributed by atoms with van der Waals surface area (Å²) in [7, 11) is 0. The second-order valence-electron chi connectivity index (χ2n) is 7.03. The predicted molar refractivity (Wildman–Crippen MR) is 111 cm³/mol.